The van der Waals surface area contributed by atoms with E-state index < -0.39 is 0 Å². The highest BCUT2D eigenvalue weighted by atomic mass is 32.1. The Balaban J connectivity index is 2.22. The first-order chi connectivity index (χ1) is 14.6. The number of hydrogen-bond donors (Lipinski definition) is 2. The minimum Gasteiger partial charge on any atom is -0.494 e. The topological polar surface area (TPSA) is 76.1 Å². The van der Waals surface area contributed by atoms with Crippen LogP contribution in [0.15, 0.2) is 61.3 Å². The Labute approximate surface area is 180 Å². The monoisotopic (exact) mass is 420 g/mol. The molecule has 0 aliphatic rings. The van der Waals surface area contributed by atoms with Crippen LogP contribution in [0.5, 0.6) is 5.75 Å². The maximum absolute atomic E-state index is 12.0. The third-order valence-corrected chi connectivity index (χ3v) is 5.37. The minimum absolute atomic E-state index is 0.281. The fraction of sp³-hybridized carbons (Fsp3) is 0.174. The van der Waals surface area contributed by atoms with Gasteiger partial charge in [0.2, 0.25) is 0 Å². The van der Waals surface area contributed by atoms with Crippen LogP contribution < -0.4 is 15.4 Å². The molecule has 0 atom stereocenters. The normalized spacial score (nSPS) is 11.6. The average molecular weight is 421 g/mol. The fourth-order valence-electron chi connectivity index (χ4n) is 3.02. The van der Waals surface area contributed by atoms with Gasteiger partial charge in [0.15, 0.2) is 5.13 Å². The molecule has 0 spiro atoms. The lowest BCUT2D eigenvalue weighted by Crippen LogP contribution is -2.28. The van der Waals surface area contributed by atoms with Crippen LogP contribution in [-0.4, -0.2) is 29.7 Å². The van der Waals surface area contributed by atoms with Gasteiger partial charge in [-0.1, -0.05) is 42.2 Å². The molecule has 0 radical (unpaired) electrons. The zero-order valence-corrected chi connectivity index (χ0v) is 18.0. The molecule has 0 saturated carbocycles. The van der Waals surface area contributed by atoms with E-state index in [4.69, 9.17) is 4.74 Å². The van der Waals surface area contributed by atoms with Crippen molar-refractivity contribution in [2.45, 2.75) is 13.8 Å². The molecule has 3 aromatic rings. The summed E-state index contributed by atoms with van der Waals surface area (Å²) < 4.78 is 6.47. The second-order valence-electron chi connectivity index (χ2n) is 6.27. The maximum Gasteiger partial charge on any atom is 0.321 e. The summed E-state index contributed by atoms with van der Waals surface area (Å²) in [5.41, 5.74) is 4.41. The molecular weight excluding hydrogens is 396 g/mol. The molecule has 0 fully saturated rings. The lowest BCUT2D eigenvalue weighted by atomic mass is 9.99. The van der Waals surface area contributed by atoms with E-state index in [0.29, 0.717) is 17.4 Å². The van der Waals surface area contributed by atoms with Crippen molar-refractivity contribution in [2.75, 3.05) is 19.0 Å². The van der Waals surface area contributed by atoms with Crippen molar-refractivity contribution in [3.05, 3.63) is 66.9 Å². The second kappa shape index (κ2) is 9.84. The predicted molar refractivity (Wildman–Crippen MR) is 125 cm³/mol. The molecule has 3 rings (SSSR count). The van der Waals surface area contributed by atoms with Crippen LogP contribution >= 0.6 is 11.3 Å². The molecule has 0 bridgehead atoms. The number of benzene rings is 1. The van der Waals surface area contributed by atoms with Gasteiger partial charge in [-0.15, -0.1) is 0 Å². The van der Waals surface area contributed by atoms with Crippen LogP contribution in [0.25, 0.3) is 27.0 Å². The smallest absolute Gasteiger partial charge is 0.321 e. The first-order valence-electron chi connectivity index (χ1n) is 9.55. The quantitative estimate of drug-likeness (QED) is 0.484. The van der Waals surface area contributed by atoms with Crippen LogP contribution in [0, 0.1) is 0 Å². The third kappa shape index (κ3) is 4.58. The Morgan fingerprint density at radius 3 is 2.90 bits per heavy atom. The Kier molecular flexibility index (Phi) is 6.98. The van der Waals surface area contributed by atoms with Crippen molar-refractivity contribution in [2.24, 2.45) is 0 Å². The SMILES string of the molecule is C=C/C=C\C(=C/C)c1cc(-c2ncccc2OC)c2sc(NC(=O)NCC)nc2c1. The van der Waals surface area contributed by atoms with Crippen molar-refractivity contribution in [3.8, 4) is 17.0 Å². The van der Waals surface area contributed by atoms with E-state index in [-0.39, 0.29) is 6.03 Å². The van der Waals surface area contributed by atoms with Crippen LogP contribution in [0.3, 0.4) is 0 Å². The van der Waals surface area contributed by atoms with E-state index in [1.807, 2.05) is 50.3 Å². The molecule has 154 valence electrons. The zero-order valence-electron chi connectivity index (χ0n) is 17.2. The summed E-state index contributed by atoms with van der Waals surface area (Å²) in [5, 5.41) is 6.04. The summed E-state index contributed by atoms with van der Waals surface area (Å²) >= 11 is 1.41. The van der Waals surface area contributed by atoms with Crippen molar-refractivity contribution in [1.29, 1.82) is 0 Å². The van der Waals surface area contributed by atoms with Crippen molar-refractivity contribution in [3.63, 3.8) is 0 Å². The van der Waals surface area contributed by atoms with Crippen LogP contribution in [0.2, 0.25) is 0 Å². The number of aromatic nitrogens is 2. The highest BCUT2D eigenvalue weighted by Gasteiger charge is 2.17. The summed E-state index contributed by atoms with van der Waals surface area (Å²) in [6.07, 6.45) is 9.39. The van der Waals surface area contributed by atoms with Gasteiger partial charge in [-0.25, -0.2) is 9.78 Å². The standard InChI is InChI=1S/C23H24N4O2S/c1-5-8-10-15(6-2)16-13-17(20-19(29-4)11-9-12-25-20)21-18(14-16)26-23(30-21)27-22(28)24-7-3/h5-6,8-14H,1,7H2,2-4H3,(H2,24,26,27,28)/b10-8-,15-6+. The molecule has 2 heterocycles. The number of fused-ring (bicyclic) bond motifs is 1. The van der Waals surface area contributed by atoms with Gasteiger partial charge >= 0.3 is 6.03 Å². The number of urea groups is 1. The van der Waals surface area contributed by atoms with Crippen molar-refractivity contribution in [1.82, 2.24) is 15.3 Å². The number of pyridine rings is 1. The second-order valence-corrected chi connectivity index (χ2v) is 7.27. The highest BCUT2D eigenvalue weighted by molar-refractivity contribution is 7.22. The molecule has 6 nitrogen and oxygen atoms in total. The average Bonchev–Trinajstić information content (AvgIpc) is 3.16. The molecule has 7 heteroatoms. The summed E-state index contributed by atoms with van der Waals surface area (Å²) in [6, 6.07) is 7.52. The maximum atomic E-state index is 12.0. The molecule has 0 saturated heterocycles. The van der Waals surface area contributed by atoms with Gasteiger partial charge < -0.3 is 10.1 Å². The minimum atomic E-state index is -0.281. The molecule has 2 N–H and O–H groups in total. The number of carbonyl (C=O) groups is 1. The van der Waals surface area contributed by atoms with Gasteiger partial charge in [0, 0.05) is 18.3 Å². The van der Waals surface area contributed by atoms with Gasteiger partial charge in [0.1, 0.15) is 11.4 Å². The molecule has 2 amide bonds. The number of amides is 2. The first-order valence-corrected chi connectivity index (χ1v) is 10.4. The Hall–Kier alpha value is -3.45. The Morgan fingerprint density at radius 1 is 1.37 bits per heavy atom. The molecule has 30 heavy (non-hydrogen) atoms. The molecule has 1 aromatic carbocycles. The summed E-state index contributed by atoms with van der Waals surface area (Å²) in [7, 11) is 1.63. The number of nitrogens with one attached hydrogen (secondary N) is 2. The third-order valence-electron chi connectivity index (χ3n) is 4.35. The van der Waals surface area contributed by atoms with E-state index >= 15 is 0 Å². The Bertz CT molecular complexity index is 1130. The lowest BCUT2D eigenvalue weighted by molar-refractivity contribution is 0.252. The van der Waals surface area contributed by atoms with Gasteiger partial charge in [0.05, 0.1) is 17.3 Å². The lowest BCUT2D eigenvalue weighted by Gasteiger charge is -2.10. The number of anilines is 1. The van der Waals surface area contributed by atoms with Crippen LogP contribution in [0.1, 0.15) is 19.4 Å². The first kappa shape index (κ1) is 21.3. The Morgan fingerprint density at radius 2 is 2.20 bits per heavy atom. The highest BCUT2D eigenvalue weighted by Crippen LogP contribution is 2.40. The van der Waals surface area contributed by atoms with Gasteiger partial charge in [0.25, 0.3) is 0 Å². The molecular formula is C23H24N4O2S. The van der Waals surface area contributed by atoms with E-state index in [2.05, 4.69) is 33.2 Å². The van der Waals surface area contributed by atoms with Crippen molar-refractivity contribution < 1.29 is 9.53 Å². The number of allylic oxidation sites excluding steroid dienone is 5. The van der Waals surface area contributed by atoms with E-state index in [1.54, 1.807) is 19.4 Å². The number of thiazole rings is 1. The zero-order chi connectivity index (χ0) is 21.5. The van der Waals surface area contributed by atoms with Crippen LogP contribution in [-0.2, 0) is 0 Å². The molecule has 2 aromatic heterocycles. The van der Waals surface area contributed by atoms with Crippen molar-refractivity contribution >= 4 is 38.3 Å². The predicted octanol–water partition coefficient (Wildman–Crippen LogP) is 5.65. The molecule has 0 aliphatic heterocycles. The number of methoxy groups -OCH3 is 1. The fourth-order valence-corrected chi connectivity index (χ4v) is 3.97. The number of nitrogens with zero attached hydrogens (tertiary/aromatic N) is 2. The molecule has 0 unspecified atom stereocenters. The van der Waals surface area contributed by atoms with E-state index in [9.17, 15) is 4.79 Å². The summed E-state index contributed by atoms with van der Waals surface area (Å²) in [6.45, 7) is 8.14. The number of rotatable bonds is 7. The summed E-state index contributed by atoms with van der Waals surface area (Å²) in [5.74, 6) is 0.672. The van der Waals surface area contributed by atoms with E-state index in [1.165, 1.54) is 11.3 Å². The van der Waals surface area contributed by atoms with E-state index in [0.717, 1.165) is 32.6 Å². The van der Waals surface area contributed by atoms with Gasteiger partial charge in [-0.2, -0.15) is 0 Å². The molecule has 0 aliphatic carbocycles. The number of hydrogen-bond acceptors (Lipinski definition) is 5. The number of carbonyl (C=O) groups excluding carboxylic acids is 1. The largest absolute Gasteiger partial charge is 0.494 e. The number of ether oxygens (including phenoxy) is 1. The summed E-state index contributed by atoms with van der Waals surface area (Å²) in [4.78, 5) is 21.2. The van der Waals surface area contributed by atoms with Gasteiger partial charge in [-0.05, 0) is 49.2 Å². The van der Waals surface area contributed by atoms with Crippen LogP contribution in [0.4, 0.5) is 9.93 Å². The van der Waals surface area contributed by atoms with Gasteiger partial charge in [-0.3, -0.25) is 10.3 Å².